The maximum Gasteiger partial charge on any atom is 0.136 e. The van der Waals surface area contributed by atoms with Crippen molar-refractivity contribution in [1.82, 2.24) is 9.97 Å². The molecule has 0 bridgehead atoms. The number of aryl methyl sites for hydroxylation is 4. The monoisotopic (exact) mass is 939 g/mol. The van der Waals surface area contributed by atoms with Crippen LogP contribution in [-0.4, -0.2) is 9.97 Å². The van der Waals surface area contributed by atoms with E-state index in [1.165, 1.54) is 5.56 Å². The fraction of sp³-hybridized carbons (Fsp3) is 0.0588. The summed E-state index contributed by atoms with van der Waals surface area (Å²) in [6.45, 7) is 8.63. The second-order valence-electron chi connectivity index (χ2n) is 19.3. The van der Waals surface area contributed by atoms with Crippen LogP contribution in [0.25, 0.3) is 111 Å². The Bertz CT molecular complexity index is 4010. The largest absolute Gasteiger partial charge is 0.456 e. The number of nitrogens with zero attached hydrogens (tertiary/aromatic N) is 3. The van der Waals surface area contributed by atoms with Gasteiger partial charge in [0.25, 0.3) is 0 Å². The lowest BCUT2D eigenvalue weighted by Crippen LogP contribution is -2.12. The molecule has 5 nitrogen and oxygen atoms in total. The van der Waals surface area contributed by atoms with Crippen molar-refractivity contribution in [2.45, 2.75) is 27.7 Å². The van der Waals surface area contributed by atoms with Crippen molar-refractivity contribution in [1.29, 1.82) is 0 Å². The van der Waals surface area contributed by atoms with Crippen LogP contribution in [0.1, 0.15) is 22.3 Å². The molecule has 73 heavy (non-hydrogen) atoms. The Morgan fingerprint density at radius 3 is 1.25 bits per heavy atom. The van der Waals surface area contributed by atoms with Gasteiger partial charge >= 0.3 is 0 Å². The number of anilines is 3. The molecular weight excluding hydrogens is 891 g/mol. The quantitative estimate of drug-likeness (QED) is 0.144. The van der Waals surface area contributed by atoms with Crippen molar-refractivity contribution in [3.05, 3.63) is 247 Å². The van der Waals surface area contributed by atoms with Gasteiger partial charge in [-0.05, 0) is 185 Å². The summed E-state index contributed by atoms with van der Waals surface area (Å²) in [5.41, 5.74) is 23.6. The number of benzene rings is 9. The zero-order valence-electron chi connectivity index (χ0n) is 41.0. The second-order valence-corrected chi connectivity index (χ2v) is 19.3. The Hall–Kier alpha value is -9.32. The normalized spacial score (nSPS) is 11.6. The smallest absolute Gasteiger partial charge is 0.136 e. The molecule has 5 heteroatoms. The van der Waals surface area contributed by atoms with Crippen LogP contribution in [0.15, 0.2) is 234 Å². The van der Waals surface area contributed by atoms with E-state index in [9.17, 15) is 0 Å². The fourth-order valence-electron chi connectivity index (χ4n) is 10.5. The molecule has 0 saturated heterocycles. The first-order chi connectivity index (χ1) is 35.8. The van der Waals surface area contributed by atoms with Crippen LogP contribution in [0.3, 0.4) is 0 Å². The summed E-state index contributed by atoms with van der Waals surface area (Å²) in [7, 11) is 0. The predicted molar refractivity (Wildman–Crippen MR) is 303 cm³/mol. The molecule has 0 unspecified atom stereocenters. The van der Waals surface area contributed by atoms with E-state index in [1.807, 2.05) is 36.7 Å². The van der Waals surface area contributed by atoms with Gasteiger partial charge in [-0.15, -0.1) is 0 Å². The summed E-state index contributed by atoms with van der Waals surface area (Å²) in [4.78, 5) is 12.7. The van der Waals surface area contributed by atoms with E-state index in [0.29, 0.717) is 0 Å². The summed E-state index contributed by atoms with van der Waals surface area (Å²) in [6.07, 6.45) is 4.00. The third kappa shape index (κ3) is 8.02. The highest BCUT2D eigenvalue weighted by Gasteiger charge is 2.22. The molecule has 0 aliphatic heterocycles. The van der Waals surface area contributed by atoms with Gasteiger partial charge in [-0.25, -0.2) is 0 Å². The van der Waals surface area contributed by atoms with Gasteiger partial charge in [0, 0.05) is 62.1 Å². The minimum atomic E-state index is 0.868. The SMILES string of the molecule is Cc1ccc(C)c(N(c2cc(-c3ccccc3)cc(-c3cc(-c4ccc5c(c4)oc4ccccc45)c(C)cn3)c2)c2cc(-c3ccccc3)cc(-c3cc(-c4ccc5c(c4)oc4ccccc45)c(C)cn3)c2)c1. The molecule has 0 fully saturated rings. The highest BCUT2D eigenvalue weighted by atomic mass is 16.3. The van der Waals surface area contributed by atoms with Gasteiger partial charge < -0.3 is 13.7 Å². The molecule has 0 atom stereocenters. The van der Waals surface area contributed by atoms with Crippen LogP contribution in [0.2, 0.25) is 0 Å². The average Bonchev–Trinajstić information content (AvgIpc) is 4.00. The maximum atomic E-state index is 6.38. The fourth-order valence-corrected chi connectivity index (χ4v) is 10.5. The van der Waals surface area contributed by atoms with Gasteiger partial charge in [0.15, 0.2) is 0 Å². The summed E-state index contributed by atoms with van der Waals surface area (Å²) in [5, 5.41) is 4.45. The molecule has 0 amide bonds. The lowest BCUT2D eigenvalue weighted by atomic mass is 9.94. The van der Waals surface area contributed by atoms with E-state index in [2.05, 4.69) is 221 Å². The Morgan fingerprint density at radius 2 is 0.753 bits per heavy atom. The Morgan fingerprint density at radius 1 is 0.315 bits per heavy atom. The van der Waals surface area contributed by atoms with Gasteiger partial charge in [0.05, 0.1) is 11.4 Å². The molecule has 0 saturated carbocycles. The first-order valence-electron chi connectivity index (χ1n) is 24.8. The van der Waals surface area contributed by atoms with Crippen LogP contribution in [0.5, 0.6) is 0 Å². The number of hydrogen-bond donors (Lipinski definition) is 0. The zero-order valence-corrected chi connectivity index (χ0v) is 41.0. The minimum absolute atomic E-state index is 0.868. The number of fused-ring (bicyclic) bond motifs is 6. The van der Waals surface area contributed by atoms with Crippen LogP contribution in [0.4, 0.5) is 17.1 Å². The van der Waals surface area contributed by atoms with Gasteiger partial charge in [0.1, 0.15) is 22.3 Å². The number of para-hydroxylation sites is 2. The summed E-state index contributed by atoms with van der Waals surface area (Å²) in [6, 6.07) is 75.8. The molecule has 4 heterocycles. The van der Waals surface area contributed by atoms with Crippen LogP contribution in [0, 0.1) is 27.7 Å². The third-order valence-electron chi connectivity index (χ3n) is 14.3. The van der Waals surface area contributed by atoms with Crippen molar-refractivity contribution in [2.75, 3.05) is 4.90 Å². The Labute approximate surface area is 424 Å². The summed E-state index contributed by atoms with van der Waals surface area (Å²) in [5.74, 6) is 0. The number of rotatable bonds is 9. The van der Waals surface area contributed by atoms with Crippen molar-refractivity contribution in [2.24, 2.45) is 0 Å². The van der Waals surface area contributed by atoms with Crippen molar-refractivity contribution in [3.63, 3.8) is 0 Å². The van der Waals surface area contributed by atoms with Crippen LogP contribution >= 0.6 is 0 Å². The number of pyridine rings is 2. The highest BCUT2D eigenvalue weighted by molar-refractivity contribution is 6.07. The number of hydrogen-bond acceptors (Lipinski definition) is 5. The molecular formula is C68H49N3O2. The molecule has 0 aliphatic carbocycles. The van der Waals surface area contributed by atoms with Gasteiger partial charge in [-0.2, -0.15) is 0 Å². The van der Waals surface area contributed by atoms with E-state index in [4.69, 9.17) is 18.8 Å². The van der Waals surface area contributed by atoms with Crippen LogP contribution < -0.4 is 4.90 Å². The number of furan rings is 2. The molecule has 0 radical (unpaired) electrons. The van der Waals surface area contributed by atoms with Crippen molar-refractivity contribution >= 4 is 60.9 Å². The standard InChI is InChI=1S/C68H49N3O2/c1-42-23-24-43(2)64(29-42)71(54-32-50(46-15-7-5-8-16-46)30-52(34-54)62-38-60(44(3)40-69-62)48-25-27-58-56-19-11-13-21-65(56)72-67(58)36-48)55-33-51(47-17-9-6-10-18-47)31-53(35-55)63-39-61(45(4)41-70-63)49-26-28-59-57-20-12-14-22-66(57)73-68(59)37-49/h5-41H,1-4H3. The van der Waals surface area contributed by atoms with E-state index >= 15 is 0 Å². The molecule has 9 aromatic carbocycles. The van der Waals surface area contributed by atoms with Crippen LogP contribution in [-0.2, 0) is 0 Å². The second kappa shape index (κ2) is 17.8. The Balaban J connectivity index is 0.999. The molecule has 13 rings (SSSR count). The summed E-state index contributed by atoms with van der Waals surface area (Å²) >= 11 is 0. The highest BCUT2D eigenvalue weighted by Crippen LogP contribution is 2.45. The summed E-state index contributed by atoms with van der Waals surface area (Å²) < 4.78 is 12.8. The molecule has 0 N–H and O–H groups in total. The molecule has 4 aromatic heterocycles. The van der Waals surface area contributed by atoms with Gasteiger partial charge in [-0.3, -0.25) is 9.97 Å². The average molecular weight is 940 g/mol. The molecule has 0 spiro atoms. The maximum absolute atomic E-state index is 6.38. The molecule has 0 aliphatic rings. The lowest BCUT2D eigenvalue weighted by Gasteiger charge is -2.29. The van der Waals surface area contributed by atoms with Gasteiger partial charge in [-0.1, -0.05) is 121 Å². The molecule has 348 valence electrons. The number of aromatic nitrogens is 2. The van der Waals surface area contributed by atoms with E-state index in [-0.39, 0.29) is 0 Å². The van der Waals surface area contributed by atoms with Crippen molar-refractivity contribution in [3.8, 4) is 67.0 Å². The van der Waals surface area contributed by atoms with E-state index in [0.717, 1.165) is 145 Å². The third-order valence-corrected chi connectivity index (χ3v) is 14.3. The molecule has 13 aromatic rings. The predicted octanol–water partition coefficient (Wildman–Crippen LogP) is 19.0. The van der Waals surface area contributed by atoms with E-state index < -0.39 is 0 Å². The zero-order chi connectivity index (χ0) is 49.2. The Kier molecular flexibility index (Phi) is 10.7. The van der Waals surface area contributed by atoms with Crippen molar-refractivity contribution < 1.29 is 8.83 Å². The first kappa shape index (κ1) is 43.7. The topological polar surface area (TPSA) is 55.3 Å². The van der Waals surface area contributed by atoms with Gasteiger partial charge in [0.2, 0.25) is 0 Å². The minimum Gasteiger partial charge on any atom is -0.456 e. The van der Waals surface area contributed by atoms with E-state index in [1.54, 1.807) is 0 Å². The first-order valence-corrected chi connectivity index (χ1v) is 24.8. The lowest BCUT2D eigenvalue weighted by molar-refractivity contribution is 0.668.